The van der Waals surface area contributed by atoms with Crippen molar-refractivity contribution in [2.24, 2.45) is 11.7 Å². The van der Waals surface area contributed by atoms with Gasteiger partial charge in [-0.05, 0) is 43.5 Å². The summed E-state index contributed by atoms with van der Waals surface area (Å²) in [4.78, 5) is 4.38. The molecule has 1 aromatic carbocycles. The Kier molecular flexibility index (Phi) is 4.18. The van der Waals surface area contributed by atoms with Crippen LogP contribution in [0.25, 0.3) is 11.4 Å². The molecule has 20 heavy (non-hydrogen) atoms. The van der Waals surface area contributed by atoms with Gasteiger partial charge < -0.3 is 10.3 Å². The zero-order valence-electron chi connectivity index (χ0n) is 12.2. The largest absolute Gasteiger partial charge is 0.339 e. The van der Waals surface area contributed by atoms with E-state index >= 15 is 0 Å². The SMILES string of the molecule is Cc1cc(F)cc(-c2noc(C(C(C)C)C(C)N)n2)c1. The van der Waals surface area contributed by atoms with Crippen molar-refractivity contribution >= 4 is 0 Å². The summed E-state index contributed by atoms with van der Waals surface area (Å²) < 4.78 is 18.7. The maximum absolute atomic E-state index is 13.4. The van der Waals surface area contributed by atoms with Crippen LogP contribution in [0.3, 0.4) is 0 Å². The summed E-state index contributed by atoms with van der Waals surface area (Å²) in [6, 6.07) is 4.60. The molecule has 1 heterocycles. The highest BCUT2D eigenvalue weighted by molar-refractivity contribution is 5.55. The highest BCUT2D eigenvalue weighted by Crippen LogP contribution is 2.28. The quantitative estimate of drug-likeness (QED) is 0.931. The Bertz CT molecular complexity index is 564. The van der Waals surface area contributed by atoms with E-state index in [1.807, 2.05) is 19.9 Å². The van der Waals surface area contributed by atoms with Gasteiger partial charge in [0.2, 0.25) is 11.7 Å². The van der Waals surface area contributed by atoms with Crippen LogP contribution >= 0.6 is 0 Å². The van der Waals surface area contributed by atoms with E-state index in [0.717, 1.165) is 5.56 Å². The normalized spacial score (nSPS) is 14.6. The third-order valence-corrected chi connectivity index (χ3v) is 3.31. The van der Waals surface area contributed by atoms with Crippen LogP contribution < -0.4 is 5.73 Å². The summed E-state index contributed by atoms with van der Waals surface area (Å²) in [7, 11) is 0. The van der Waals surface area contributed by atoms with Crippen molar-refractivity contribution in [3.05, 3.63) is 35.5 Å². The summed E-state index contributed by atoms with van der Waals surface area (Å²) in [6.45, 7) is 7.86. The Hall–Kier alpha value is -1.75. The van der Waals surface area contributed by atoms with Gasteiger partial charge in [0.15, 0.2) is 0 Å². The maximum atomic E-state index is 13.4. The topological polar surface area (TPSA) is 64.9 Å². The Labute approximate surface area is 118 Å². The lowest BCUT2D eigenvalue weighted by Gasteiger charge is -2.20. The third kappa shape index (κ3) is 3.04. The predicted octanol–water partition coefficient (Wildman–Crippen LogP) is 3.27. The highest BCUT2D eigenvalue weighted by atomic mass is 19.1. The second kappa shape index (κ2) is 5.71. The van der Waals surface area contributed by atoms with Gasteiger partial charge in [-0.2, -0.15) is 4.98 Å². The van der Waals surface area contributed by atoms with Crippen LogP contribution in [0.1, 0.15) is 38.1 Å². The smallest absolute Gasteiger partial charge is 0.231 e. The van der Waals surface area contributed by atoms with Crippen molar-refractivity contribution in [2.45, 2.75) is 39.7 Å². The van der Waals surface area contributed by atoms with Gasteiger partial charge in [0.25, 0.3) is 0 Å². The van der Waals surface area contributed by atoms with Gasteiger partial charge in [0, 0.05) is 11.6 Å². The molecule has 0 aliphatic carbocycles. The van der Waals surface area contributed by atoms with E-state index in [1.54, 1.807) is 0 Å². The Morgan fingerprint density at radius 1 is 1.20 bits per heavy atom. The number of hydrogen-bond acceptors (Lipinski definition) is 4. The van der Waals surface area contributed by atoms with Crippen molar-refractivity contribution in [2.75, 3.05) is 0 Å². The predicted molar refractivity (Wildman–Crippen MR) is 75.7 cm³/mol. The van der Waals surface area contributed by atoms with E-state index < -0.39 is 0 Å². The summed E-state index contributed by atoms with van der Waals surface area (Å²) in [6.07, 6.45) is 0. The first-order valence-electron chi connectivity index (χ1n) is 6.75. The molecule has 0 saturated carbocycles. The molecule has 0 saturated heterocycles. The molecule has 2 aromatic rings. The van der Waals surface area contributed by atoms with Crippen molar-refractivity contribution in [1.29, 1.82) is 0 Å². The van der Waals surface area contributed by atoms with Crippen molar-refractivity contribution in [1.82, 2.24) is 10.1 Å². The van der Waals surface area contributed by atoms with Crippen LogP contribution in [0.15, 0.2) is 22.7 Å². The average molecular weight is 277 g/mol. The van der Waals surface area contributed by atoms with E-state index in [-0.39, 0.29) is 23.7 Å². The molecule has 0 aliphatic heterocycles. The van der Waals surface area contributed by atoms with Crippen LogP contribution in [0.2, 0.25) is 0 Å². The number of nitrogens with zero attached hydrogens (tertiary/aromatic N) is 2. The van der Waals surface area contributed by atoms with Gasteiger partial charge in [0.05, 0.1) is 5.92 Å². The minimum Gasteiger partial charge on any atom is -0.339 e. The molecule has 2 unspecified atom stereocenters. The van der Waals surface area contributed by atoms with E-state index in [1.165, 1.54) is 12.1 Å². The Morgan fingerprint density at radius 2 is 1.90 bits per heavy atom. The molecule has 4 nitrogen and oxygen atoms in total. The van der Waals surface area contributed by atoms with E-state index in [4.69, 9.17) is 10.3 Å². The van der Waals surface area contributed by atoms with Crippen LogP contribution in [0.4, 0.5) is 4.39 Å². The van der Waals surface area contributed by atoms with E-state index in [0.29, 0.717) is 17.3 Å². The van der Waals surface area contributed by atoms with E-state index in [2.05, 4.69) is 24.0 Å². The molecule has 0 fully saturated rings. The number of nitrogens with two attached hydrogens (primary N) is 1. The second-order valence-electron chi connectivity index (χ2n) is 5.60. The fourth-order valence-electron chi connectivity index (χ4n) is 2.47. The van der Waals surface area contributed by atoms with Crippen LogP contribution in [0, 0.1) is 18.7 Å². The molecule has 0 bridgehead atoms. The zero-order chi connectivity index (χ0) is 14.9. The summed E-state index contributed by atoms with van der Waals surface area (Å²) in [5, 5.41) is 3.95. The first-order valence-corrected chi connectivity index (χ1v) is 6.75. The molecule has 1 aromatic heterocycles. The molecule has 2 N–H and O–H groups in total. The lowest BCUT2D eigenvalue weighted by Crippen LogP contribution is -2.28. The van der Waals surface area contributed by atoms with Gasteiger partial charge in [-0.3, -0.25) is 0 Å². The van der Waals surface area contributed by atoms with Crippen molar-refractivity contribution < 1.29 is 8.91 Å². The summed E-state index contributed by atoms with van der Waals surface area (Å²) >= 11 is 0. The molecule has 0 amide bonds. The Balaban J connectivity index is 2.37. The van der Waals surface area contributed by atoms with Crippen LogP contribution in [-0.2, 0) is 0 Å². The van der Waals surface area contributed by atoms with Crippen molar-refractivity contribution in [3.63, 3.8) is 0 Å². The number of rotatable bonds is 4. The molecular formula is C15H20FN3O. The second-order valence-corrected chi connectivity index (χ2v) is 5.60. The summed E-state index contributed by atoms with van der Waals surface area (Å²) in [5.74, 6) is 0.878. The molecule has 108 valence electrons. The fourth-order valence-corrected chi connectivity index (χ4v) is 2.47. The lowest BCUT2D eigenvalue weighted by atomic mass is 9.90. The molecule has 0 aliphatic rings. The molecule has 5 heteroatoms. The summed E-state index contributed by atoms with van der Waals surface area (Å²) in [5.41, 5.74) is 7.41. The average Bonchev–Trinajstić information content (AvgIpc) is 2.75. The van der Waals surface area contributed by atoms with Gasteiger partial charge in [-0.1, -0.05) is 19.0 Å². The molecule has 2 atom stereocenters. The number of halogens is 1. The van der Waals surface area contributed by atoms with Crippen molar-refractivity contribution in [3.8, 4) is 11.4 Å². The number of hydrogen-bond donors (Lipinski definition) is 1. The van der Waals surface area contributed by atoms with Gasteiger partial charge in [-0.25, -0.2) is 4.39 Å². The van der Waals surface area contributed by atoms with Crippen LogP contribution in [0.5, 0.6) is 0 Å². The standard InChI is InChI=1S/C15H20FN3O/c1-8(2)13(10(4)17)15-18-14(19-20-15)11-5-9(3)6-12(16)7-11/h5-8,10,13H,17H2,1-4H3. The first-order chi connectivity index (χ1) is 9.38. The fraction of sp³-hybridized carbons (Fsp3) is 0.467. The van der Waals surface area contributed by atoms with Gasteiger partial charge >= 0.3 is 0 Å². The molecule has 2 rings (SSSR count). The first kappa shape index (κ1) is 14.7. The Morgan fingerprint density at radius 3 is 2.45 bits per heavy atom. The monoisotopic (exact) mass is 277 g/mol. The molecule has 0 radical (unpaired) electrons. The van der Waals surface area contributed by atoms with E-state index in [9.17, 15) is 4.39 Å². The number of benzene rings is 1. The molecule has 0 spiro atoms. The minimum absolute atomic E-state index is 0.00842. The van der Waals surface area contributed by atoms with Gasteiger partial charge in [0.1, 0.15) is 5.82 Å². The number of aromatic nitrogens is 2. The maximum Gasteiger partial charge on any atom is 0.231 e. The highest BCUT2D eigenvalue weighted by Gasteiger charge is 2.26. The third-order valence-electron chi connectivity index (χ3n) is 3.31. The lowest BCUT2D eigenvalue weighted by molar-refractivity contribution is 0.300. The molecular weight excluding hydrogens is 257 g/mol. The van der Waals surface area contributed by atoms with Gasteiger partial charge in [-0.15, -0.1) is 0 Å². The minimum atomic E-state index is -0.307. The number of aryl methyl sites for hydroxylation is 1. The zero-order valence-corrected chi connectivity index (χ0v) is 12.2. The van der Waals surface area contributed by atoms with Crippen LogP contribution in [-0.4, -0.2) is 16.2 Å².